The van der Waals surface area contributed by atoms with Gasteiger partial charge in [0.1, 0.15) is 0 Å². The average molecular weight is 324 g/mol. The Labute approximate surface area is 137 Å². The Morgan fingerprint density at radius 1 is 0.917 bits per heavy atom. The summed E-state index contributed by atoms with van der Waals surface area (Å²) in [5, 5.41) is 33.4. The fourth-order valence-corrected chi connectivity index (χ4v) is 3.49. The second kappa shape index (κ2) is 5.26. The second-order valence-corrected chi connectivity index (χ2v) is 6.12. The zero-order valence-electron chi connectivity index (χ0n) is 12.9. The van der Waals surface area contributed by atoms with Gasteiger partial charge in [0, 0.05) is 23.3 Å². The molecule has 0 aliphatic heterocycles. The van der Waals surface area contributed by atoms with E-state index < -0.39 is 4.92 Å². The third kappa shape index (κ3) is 2.11. The van der Waals surface area contributed by atoms with Crippen molar-refractivity contribution >= 4 is 16.5 Å². The van der Waals surface area contributed by atoms with Crippen molar-refractivity contribution in [1.29, 1.82) is 0 Å². The van der Waals surface area contributed by atoms with E-state index in [1.165, 1.54) is 16.7 Å². The van der Waals surface area contributed by atoms with Crippen molar-refractivity contribution in [3.8, 4) is 17.4 Å². The molecule has 1 heterocycles. The summed E-state index contributed by atoms with van der Waals surface area (Å²) < 4.78 is 1.46. The average Bonchev–Trinajstić information content (AvgIpc) is 2.85. The number of nitro benzene ring substituents is 1. The van der Waals surface area contributed by atoms with Crippen LogP contribution >= 0.6 is 0 Å². The predicted molar refractivity (Wildman–Crippen MR) is 89.9 cm³/mol. The number of aromatic hydroxyl groups is 2. The van der Waals surface area contributed by atoms with Crippen molar-refractivity contribution in [2.75, 3.05) is 0 Å². The molecule has 2 aromatic carbocycles. The number of aromatic nitrogens is 1. The summed E-state index contributed by atoms with van der Waals surface area (Å²) in [6, 6.07) is 9.96. The lowest BCUT2D eigenvalue weighted by Gasteiger charge is -2.09. The third-order valence-corrected chi connectivity index (χ3v) is 4.71. The molecule has 1 aliphatic carbocycles. The lowest BCUT2D eigenvalue weighted by atomic mass is 9.95. The molecule has 3 aromatic rings. The van der Waals surface area contributed by atoms with Crippen LogP contribution in [0.3, 0.4) is 0 Å². The van der Waals surface area contributed by atoms with Gasteiger partial charge in [0.25, 0.3) is 5.69 Å². The molecule has 4 rings (SSSR count). The van der Waals surface area contributed by atoms with E-state index in [0.29, 0.717) is 5.69 Å². The summed E-state index contributed by atoms with van der Waals surface area (Å²) in [6.45, 7) is 0. The van der Waals surface area contributed by atoms with Gasteiger partial charge in [-0.3, -0.25) is 14.7 Å². The van der Waals surface area contributed by atoms with E-state index in [9.17, 15) is 20.3 Å². The zero-order chi connectivity index (χ0) is 16.8. The first-order valence-corrected chi connectivity index (χ1v) is 7.89. The Bertz CT molecular complexity index is 945. The standard InChI is InChI=1S/C18H16N2O4/c21-17-15-3-1-2-4-16(15)18(22)19(17)13-7-5-12-10-14(20(23)24)8-6-11(12)9-13/h5-10,21-22H,1-4H2. The number of non-ortho nitro benzene ring substituents is 1. The number of nitro groups is 1. The van der Waals surface area contributed by atoms with Crippen LogP contribution in [0.25, 0.3) is 16.5 Å². The Morgan fingerprint density at radius 2 is 1.50 bits per heavy atom. The fourth-order valence-electron chi connectivity index (χ4n) is 3.49. The molecular weight excluding hydrogens is 308 g/mol. The van der Waals surface area contributed by atoms with E-state index >= 15 is 0 Å². The summed E-state index contributed by atoms with van der Waals surface area (Å²) >= 11 is 0. The summed E-state index contributed by atoms with van der Waals surface area (Å²) in [5.41, 5.74) is 2.32. The van der Waals surface area contributed by atoms with Crippen LogP contribution in [0.15, 0.2) is 36.4 Å². The molecule has 0 saturated carbocycles. The van der Waals surface area contributed by atoms with Crippen molar-refractivity contribution in [3.63, 3.8) is 0 Å². The highest BCUT2D eigenvalue weighted by atomic mass is 16.6. The van der Waals surface area contributed by atoms with Gasteiger partial charge < -0.3 is 10.2 Å². The summed E-state index contributed by atoms with van der Waals surface area (Å²) in [5.74, 6) is 0.173. The van der Waals surface area contributed by atoms with Gasteiger partial charge in [0.15, 0.2) is 0 Å². The van der Waals surface area contributed by atoms with Gasteiger partial charge >= 0.3 is 0 Å². The van der Waals surface area contributed by atoms with Gasteiger partial charge in [-0.05, 0) is 54.7 Å². The largest absolute Gasteiger partial charge is 0.494 e. The van der Waals surface area contributed by atoms with Crippen LogP contribution < -0.4 is 0 Å². The van der Waals surface area contributed by atoms with E-state index in [1.54, 1.807) is 18.2 Å². The van der Waals surface area contributed by atoms with Gasteiger partial charge in [-0.1, -0.05) is 6.07 Å². The van der Waals surface area contributed by atoms with Crippen molar-refractivity contribution in [2.24, 2.45) is 0 Å². The first kappa shape index (κ1) is 14.6. The molecule has 0 radical (unpaired) electrons. The first-order chi connectivity index (χ1) is 11.6. The summed E-state index contributed by atoms with van der Waals surface area (Å²) in [4.78, 5) is 10.4. The number of fused-ring (bicyclic) bond motifs is 2. The van der Waals surface area contributed by atoms with Crippen molar-refractivity contribution in [1.82, 2.24) is 4.57 Å². The maximum atomic E-state index is 10.9. The molecule has 6 heteroatoms. The molecule has 6 nitrogen and oxygen atoms in total. The minimum Gasteiger partial charge on any atom is -0.494 e. The molecule has 0 bridgehead atoms. The monoisotopic (exact) mass is 324 g/mol. The number of rotatable bonds is 2. The van der Waals surface area contributed by atoms with Crippen LogP contribution in [0.4, 0.5) is 5.69 Å². The van der Waals surface area contributed by atoms with Gasteiger partial charge in [0.05, 0.1) is 10.6 Å². The highest BCUT2D eigenvalue weighted by molar-refractivity contribution is 5.86. The molecule has 0 amide bonds. The molecule has 0 unspecified atom stereocenters. The molecule has 24 heavy (non-hydrogen) atoms. The normalized spacial score (nSPS) is 13.8. The Hall–Kier alpha value is -3.02. The smallest absolute Gasteiger partial charge is 0.270 e. The second-order valence-electron chi connectivity index (χ2n) is 6.12. The molecule has 1 aromatic heterocycles. The van der Waals surface area contributed by atoms with E-state index in [1.807, 2.05) is 6.07 Å². The van der Waals surface area contributed by atoms with Gasteiger partial charge in [-0.25, -0.2) is 0 Å². The number of nitrogens with zero attached hydrogens (tertiary/aromatic N) is 2. The Morgan fingerprint density at radius 3 is 2.12 bits per heavy atom. The SMILES string of the molecule is O=[N+]([O-])c1ccc2cc(-n3c(O)c4c(c3O)CCCC4)ccc2c1. The zero-order valence-corrected chi connectivity index (χ0v) is 12.9. The Balaban J connectivity index is 1.87. The van der Waals surface area contributed by atoms with Crippen LogP contribution in [-0.2, 0) is 12.8 Å². The van der Waals surface area contributed by atoms with Gasteiger partial charge in [-0.2, -0.15) is 0 Å². The van der Waals surface area contributed by atoms with Gasteiger partial charge in [0.2, 0.25) is 11.8 Å². The van der Waals surface area contributed by atoms with Crippen molar-refractivity contribution < 1.29 is 15.1 Å². The minimum absolute atomic E-state index is 0.0392. The molecule has 2 N–H and O–H groups in total. The van der Waals surface area contributed by atoms with Gasteiger partial charge in [-0.15, -0.1) is 0 Å². The molecule has 0 fully saturated rings. The fraction of sp³-hybridized carbons (Fsp3) is 0.222. The number of benzene rings is 2. The first-order valence-electron chi connectivity index (χ1n) is 7.89. The molecule has 122 valence electrons. The highest BCUT2D eigenvalue weighted by Crippen LogP contribution is 2.41. The minimum atomic E-state index is -0.426. The lowest BCUT2D eigenvalue weighted by molar-refractivity contribution is -0.384. The predicted octanol–water partition coefficient (Wildman–Crippen LogP) is 3.83. The van der Waals surface area contributed by atoms with Crippen LogP contribution in [0.2, 0.25) is 0 Å². The molecule has 0 saturated heterocycles. The maximum Gasteiger partial charge on any atom is 0.270 e. The van der Waals surface area contributed by atoms with Crippen LogP contribution in [-0.4, -0.2) is 19.7 Å². The van der Waals surface area contributed by atoms with E-state index in [2.05, 4.69) is 0 Å². The molecule has 1 aliphatic rings. The van der Waals surface area contributed by atoms with Crippen LogP contribution in [0.1, 0.15) is 24.0 Å². The molecule has 0 spiro atoms. The van der Waals surface area contributed by atoms with Crippen molar-refractivity contribution in [3.05, 3.63) is 57.6 Å². The van der Waals surface area contributed by atoms with Crippen molar-refractivity contribution in [2.45, 2.75) is 25.7 Å². The maximum absolute atomic E-state index is 10.9. The summed E-state index contributed by atoms with van der Waals surface area (Å²) in [7, 11) is 0. The third-order valence-electron chi connectivity index (χ3n) is 4.71. The Kier molecular flexibility index (Phi) is 3.19. The molecule has 0 atom stereocenters. The topological polar surface area (TPSA) is 88.5 Å². The quantitative estimate of drug-likeness (QED) is 0.554. The van der Waals surface area contributed by atoms with E-state index in [-0.39, 0.29) is 17.4 Å². The number of hydrogen-bond donors (Lipinski definition) is 2. The van der Waals surface area contributed by atoms with E-state index in [4.69, 9.17) is 0 Å². The highest BCUT2D eigenvalue weighted by Gasteiger charge is 2.25. The number of hydrogen-bond acceptors (Lipinski definition) is 4. The van der Waals surface area contributed by atoms with Crippen LogP contribution in [0, 0.1) is 10.1 Å². The summed E-state index contributed by atoms with van der Waals surface area (Å²) in [6.07, 6.45) is 3.54. The molecular formula is C18H16N2O4. The van der Waals surface area contributed by atoms with Crippen LogP contribution in [0.5, 0.6) is 11.8 Å². The van der Waals surface area contributed by atoms with E-state index in [0.717, 1.165) is 47.6 Å². The lowest BCUT2D eigenvalue weighted by Crippen LogP contribution is -1.98.